The summed E-state index contributed by atoms with van der Waals surface area (Å²) in [4.78, 5) is 17.8. The zero-order chi connectivity index (χ0) is 21.3. The number of nitrogens with one attached hydrogen (secondary N) is 1. The van der Waals surface area contributed by atoms with Crippen LogP contribution in [-0.4, -0.2) is 31.7 Å². The number of benzene rings is 2. The molecule has 0 saturated heterocycles. The van der Waals surface area contributed by atoms with Crippen LogP contribution in [-0.2, 0) is 6.42 Å². The fourth-order valence-corrected chi connectivity index (χ4v) is 4.80. The normalized spacial score (nSPS) is 11.1. The Balaban J connectivity index is 1.53. The third kappa shape index (κ3) is 3.93. The van der Waals surface area contributed by atoms with E-state index in [0.717, 1.165) is 43.6 Å². The van der Waals surface area contributed by atoms with E-state index in [-0.39, 0.29) is 5.91 Å². The summed E-state index contributed by atoms with van der Waals surface area (Å²) in [5.41, 5.74) is 2.97. The predicted octanol–water partition coefficient (Wildman–Crippen LogP) is 5.40. The molecule has 0 aliphatic heterocycles. The Kier molecular flexibility index (Phi) is 5.79. The average molecular weight is 441 g/mol. The molecular formula is C23H21ClN2O3S. The van der Waals surface area contributed by atoms with Gasteiger partial charge in [0.15, 0.2) is 0 Å². The number of ether oxygens (including phenoxy) is 2. The molecule has 4 aromatic rings. The van der Waals surface area contributed by atoms with Gasteiger partial charge in [0, 0.05) is 28.1 Å². The summed E-state index contributed by atoms with van der Waals surface area (Å²) in [6.45, 7) is 2.52. The highest BCUT2D eigenvalue weighted by Gasteiger charge is 2.16. The minimum atomic E-state index is -0.124. The van der Waals surface area contributed by atoms with Gasteiger partial charge in [-0.25, -0.2) is 4.98 Å². The van der Waals surface area contributed by atoms with E-state index in [1.807, 2.05) is 43.3 Å². The first kappa shape index (κ1) is 20.4. The molecule has 0 bridgehead atoms. The van der Waals surface area contributed by atoms with Crippen LogP contribution in [0.2, 0.25) is 5.15 Å². The van der Waals surface area contributed by atoms with Gasteiger partial charge in [-0.1, -0.05) is 29.3 Å². The van der Waals surface area contributed by atoms with Gasteiger partial charge < -0.3 is 14.8 Å². The fourth-order valence-electron chi connectivity index (χ4n) is 3.41. The summed E-state index contributed by atoms with van der Waals surface area (Å²) >= 11 is 7.81. The number of rotatable bonds is 6. The smallest absolute Gasteiger partial charge is 0.261 e. The lowest BCUT2D eigenvalue weighted by atomic mass is 10.1. The quantitative estimate of drug-likeness (QED) is 0.408. The van der Waals surface area contributed by atoms with Crippen molar-refractivity contribution in [2.24, 2.45) is 0 Å². The van der Waals surface area contributed by atoms with Crippen molar-refractivity contribution in [2.45, 2.75) is 13.3 Å². The predicted molar refractivity (Wildman–Crippen MR) is 122 cm³/mol. The molecule has 4 rings (SSSR count). The van der Waals surface area contributed by atoms with Gasteiger partial charge in [-0.3, -0.25) is 4.79 Å². The number of aromatic nitrogens is 1. The maximum atomic E-state index is 12.8. The standard InChI is InChI=1S/C23H21ClN2O3S/c1-13-4-7-18-16(10-13)21-17(22(24)26-18)12-20(30-21)23(27)25-9-8-14-5-6-15(28-2)11-19(14)29-3/h4-7,10-12H,8-9H2,1-3H3,(H,25,27). The topological polar surface area (TPSA) is 60.5 Å². The zero-order valence-electron chi connectivity index (χ0n) is 16.9. The highest BCUT2D eigenvalue weighted by atomic mass is 35.5. The number of nitrogens with zero attached hydrogens (tertiary/aromatic N) is 1. The molecule has 30 heavy (non-hydrogen) atoms. The van der Waals surface area contributed by atoms with Crippen LogP contribution in [0.1, 0.15) is 20.8 Å². The van der Waals surface area contributed by atoms with Gasteiger partial charge in [-0.15, -0.1) is 11.3 Å². The van der Waals surface area contributed by atoms with E-state index in [2.05, 4.69) is 16.4 Å². The Morgan fingerprint density at radius 2 is 1.93 bits per heavy atom. The van der Waals surface area contributed by atoms with Crippen LogP contribution in [0.25, 0.3) is 21.0 Å². The van der Waals surface area contributed by atoms with Crippen molar-refractivity contribution >= 4 is 49.8 Å². The van der Waals surface area contributed by atoms with Crippen molar-refractivity contribution in [1.82, 2.24) is 10.3 Å². The summed E-state index contributed by atoms with van der Waals surface area (Å²) in [5, 5.41) is 5.23. The molecular weight excluding hydrogens is 420 g/mol. The first-order valence-corrected chi connectivity index (χ1v) is 10.7. The minimum absolute atomic E-state index is 0.124. The highest BCUT2D eigenvalue weighted by Crippen LogP contribution is 2.36. The van der Waals surface area contributed by atoms with Crippen LogP contribution >= 0.6 is 22.9 Å². The molecule has 2 aromatic heterocycles. The molecule has 0 aliphatic carbocycles. The molecule has 7 heteroatoms. The van der Waals surface area contributed by atoms with Crippen LogP contribution in [0.3, 0.4) is 0 Å². The molecule has 0 saturated carbocycles. The summed E-state index contributed by atoms with van der Waals surface area (Å²) in [6, 6.07) is 13.5. The third-order valence-corrected chi connectivity index (χ3v) is 6.42. The zero-order valence-corrected chi connectivity index (χ0v) is 18.5. The second-order valence-electron chi connectivity index (χ2n) is 6.96. The lowest BCUT2D eigenvalue weighted by Gasteiger charge is -2.10. The van der Waals surface area contributed by atoms with E-state index in [1.165, 1.54) is 11.3 Å². The molecule has 0 fully saturated rings. The Morgan fingerprint density at radius 1 is 1.10 bits per heavy atom. The Hall–Kier alpha value is -2.83. The van der Waals surface area contributed by atoms with Crippen LogP contribution in [0.5, 0.6) is 11.5 Å². The molecule has 0 radical (unpaired) electrons. The Bertz CT molecular complexity index is 1250. The van der Waals surface area contributed by atoms with Crippen molar-refractivity contribution in [1.29, 1.82) is 0 Å². The summed E-state index contributed by atoms with van der Waals surface area (Å²) in [5.74, 6) is 1.35. The van der Waals surface area contributed by atoms with E-state index >= 15 is 0 Å². The lowest BCUT2D eigenvalue weighted by Crippen LogP contribution is -2.24. The van der Waals surface area contributed by atoms with E-state index in [0.29, 0.717) is 23.0 Å². The van der Waals surface area contributed by atoms with E-state index in [4.69, 9.17) is 21.1 Å². The second kappa shape index (κ2) is 8.50. The average Bonchev–Trinajstić information content (AvgIpc) is 3.21. The van der Waals surface area contributed by atoms with Crippen molar-refractivity contribution < 1.29 is 14.3 Å². The van der Waals surface area contributed by atoms with Gasteiger partial charge in [0.25, 0.3) is 5.91 Å². The van der Waals surface area contributed by atoms with E-state index < -0.39 is 0 Å². The van der Waals surface area contributed by atoms with Crippen LogP contribution in [0.15, 0.2) is 42.5 Å². The Labute approximate surface area is 183 Å². The van der Waals surface area contributed by atoms with Crippen LogP contribution < -0.4 is 14.8 Å². The number of amides is 1. The third-order valence-electron chi connectivity index (χ3n) is 4.97. The van der Waals surface area contributed by atoms with Crippen LogP contribution in [0.4, 0.5) is 0 Å². The first-order chi connectivity index (χ1) is 14.5. The Morgan fingerprint density at radius 3 is 2.70 bits per heavy atom. The fraction of sp³-hybridized carbons (Fsp3) is 0.217. The largest absolute Gasteiger partial charge is 0.497 e. The van der Waals surface area contributed by atoms with Gasteiger partial charge in [0.1, 0.15) is 16.7 Å². The molecule has 0 atom stereocenters. The van der Waals surface area contributed by atoms with Gasteiger partial charge in [0.05, 0.1) is 24.6 Å². The molecule has 0 unspecified atom stereocenters. The molecule has 1 N–H and O–H groups in total. The molecule has 5 nitrogen and oxygen atoms in total. The van der Waals surface area contributed by atoms with E-state index in [9.17, 15) is 4.79 Å². The number of hydrogen-bond donors (Lipinski definition) is 1. The number of carbonyl (C=O) groups is 1. The number of thiophene rings is 1. The second-order valence-corrected chi connectivity index (χ2v) is 8.37. The van der Waals surface area contributed by atoms with Crippen molar-refractivity contribution in [3.8, 4) is 11.5 Å². The number of pyridine rings is 1. The molecule has 2 heterocycles. The number of carbonyl (C=O) groups excluding carboxylic acids is 1. The monoisotopic (exact) mass is 440 g/mol. The first-order valence-electron chi connectivity index (χ1n) is 9.48. The SMILES string of the molecule is COc1ccc(CCNC(=O)c2cc3c(Cl)nc4ccc(C)cc4c3s2)c(OC)c1. The number of methoxy groups -OCH3 is 2. The van der Waals surface area contributed by atoms with Gasteiger partial charge in [-0.2, -0.15) is 0 Å². The minimum Gasteiger partial charge on any atom is -0.497 e. The van der Waals surface area contributed by atoms with Gasteiger partial charge >= 0.3 is 0 Å². The van der Waals surface area contributed by atoms with Crippen molar-refractivity contribution in [3.63, 3.8) is 0 Å². The van der Waals surface area contributed by atoms with Crippen molar-refractivity contribution in [2.75, 3.05) is 20.8 Å². The number of halogens is 1. The number of aryl methyl sites for hydroxylation is 1. The van der Waals surface area contributed by atoms with Crippen molar-refractivity contribution in [3.05, 3.63) is 63.6 Å². The maximum absolute atomic E-state index is 12.8. The van der Waals surface area contributed by atoms with Crippen LogP contribution in [0, 0.1) is 6.92 Å². The highest BCUT2D eigenvalue weighted by molar-refractivity contribution is 7.21. The number of hydrogen-bond acceptors (Lipinski definition) is 5. The molecule has 154 valence electrons. The van der Waals surface area contributed by atoms with Gasteiger partial charge in [0.2, 0.25) is 0 Å². The molecule has 2 aromatic carbocycles. The molecule has 1 amide bonds. The van der Waals surface area contributed by atoms with E-state index in [1.54, 1.807) is 14.2 Å². The number of fused-ring (bicyclic) bond motifs is 3. The lowest BCUT2D eigenvalue weighted by molar-refractivity contribution is 0.0958. The molecule has 0 aliphatic rings. The summed E-state index contributed by atoms with van der Waals surface area (Å²) in [6.07, 6.45) is 0.647. The van der Waals surface area contributed by atoms with Gasteiger partial charge in [-0.05, 0) is 43.2 Å². The molecule has 0 spiro atoms. The summed E-state index contributed by atoms with van der Waals surface area (Å²) < 4.78 is 11.6. The summed E-state index contributed by atoms with van der Waals surface area (Å²) in [7, 11) is 3.24. The maximum Gasteiger partial charge on any atom is 0.261 e.